The van der Waals surface area contributed by atoms with Crippen molar-refractivity contribution in [3.63, 3.8) is 0 Å². The van der Waals surface area contributed by atoms with Gasteiger partial charge in [0.15, 0.2) is 11.8 Å². The lowest BCUT2D eigenvalue weighted by molar-refractivity contribution is -0.128. The van der Waals surface area contributed by atoms with E-state index in [0.29, 0.717) is 12.5 Å². The molecule has 3 rings (SSSR count). The third-order valence-corrected chi connectivity index (χ3v) is 5.08. The maximum absolute atomic E-state index is 12.4. The van der Waals surface area contributed by atoms with Crippen LogP contribution in [0.25, 0.3) is 0 Å². The molecule has 1 saturated heterocycles. The molecule has 1 aliphatic rings. The molecule has 1 amide bonds. The Morgan fingerprint density at radius 3 is 2.57 bits per heavy atom. The van der Waals surface area contributed by atoms with E-state index in [4.69, 9.17) is 0 Å². The van der Waals surface area contributed by atoms with Gasteiger partial charge in [-0.3, -0.25) is 4.79 Å². The van der Waals surface area contributed by atoms with Crippen LogP contribution in [0.1, 0.15) is 43.0 Å². The van der Waals surface area contributed by atoms with Gasteiger partial charge in [-0.05, 0) is 32.3 Å². The molecule has 28 heavy (non-hydrogen) atoms. The maximum atomic E-state index is 12.4. The second-order valence-electron chi connectivity index (χ2n) is 7.11. The molecule has 8 nitrogen and oxygen atoms in total. The van der Waals surface area contributed by atoms with Crippen molar-refractivity contribution in [3.05, 3.63) is 47.5 Å². The van der Waals surface area contributed by atoms with Crippen molar-refractivity contribution in [2.45, 2.75) is 39.3 Å². The highest BCUT2D eigenvalue weighted by atomic mass is 16.2. The number of rotatable bonds is 6. The highest BCUT2D eigenvalue weighted by Crippen LogP contribution is 2.11. The van der Waals surface area contributed by atoms with Gasteiger partial charge in [0.05, 0.1) is 12.6 Å². The lowest BCUT2D eigenvalue weighted by Gasteiger charge is -2.20. The van der Waals surface area contributed by atoms with Gasteiger partial charge in [-0.15, -0.1) is 10.2 Å². The lowest BCUT2D eigenvalue weighted by atomic mass is 10.1. The Hall–Kier alpha value is -2.90. The second-order valence-corrected chi connectivity index (χ2v) is 7.11. The van der Waals surface area contributed by atoms with Crippen LogP contribution in [0.4, 0.5) is 0 Å². The molecule has 1 aromatic heterocycles. The molecule has 0 spiro atoms. The molecule has 8 heteroatoms. The molecule has 0 radical (unpaired) electrons. The summed E-state index contributed by atoms with van der Waals surface area (Å²) in [6.07, 6.45) is 2.17. The van der Waals surface area contributed by atoms with Crippen LogP contribution in [-0.4, -0.2) is 51.2 Å². The van der Waals surface area contributed by atoms with Gasteiger partial charge in [-0.1, -0.05) is 30.3 Å². The number of likely N-dealkylation sites (tertiary alicyclic amines) is 1. The molecular formula is C20H29N7O. The van der Waals surface area contributed by atoms with Crippen LogP contribution in [0.5, 0.6) is 0 Å². The number of aromatic nitrogens is 3. The lowest BCUT2D eigenvalue weighted by Crippen LogP contribution is -2.44. The molecule has 2 heterocycles. The van der Waals surface area contributed by atoms with Gasteiger partial charge < -0.3 is 20.1 Å². The minimum absolute atomic E-state index is 0.0515. The minimum atomic E-state index is 0.0515. The smallest absolute Gasteiger partial charge is 0.241 e. The third kappa shape index (κ3) is 5.09. The molecule has 0 bridgehead atoms. The first-order chi connectivity index (χ1) is 13.5. The van der Waals surface area contributed by atoms with Crippen molar-refractivity contribution in [1.29, 1.82) is 0 Å². The average molecular weight is 384 g/mol. The summed E-state index contributed by atoms with van der Waals surface area (Å²) in [4.78, 5) is 18.9. The van der Waals surface area contributed by atoms with Crippen molar-refractivity contribution in [1.82, 2.24) is 30.3 Å². The Bertz CT molecular complexity index is 809. The van der Waals surface area contributed by atoms with Gasteiger partial charge in [0.25, 0.3) is 0 Å². The van der Waals surface area contributed by atoms with Crippen molar-refractivity contribution in [2.75, 3.05) is 19.6 Å². The van der Waals surface area contributed by atoms with Gasteiger partial charge in [-0.25, -0.2) is 4.99 Å². The summed E-state index contributed by atoms with van der Waals surface area (Å²) in [6, 6.07) is 10.2. The number of carbonyl (C=O) groups excluding carboxylic acids is 1. The molecule has 150 valence electrons. The number of nitrogens with zero attached hydrogens (tertiary/aromatic N) is 5. The molecule has 1 aliphatic heterocycles. The van der Waals surface area contributed by atoms with Crippen molar-refractivity contribution < 1.29 is 4.79 Å². The molecule has 1 aromatic carbocycles. The number of aryl methyl sites for hydroxylation is 1. The van der Waals surface area contributed by atoms with Crippen LogP contribution in [0.3, 0.4) is 0 Å². The number of guanidine groups is 1. The first-order valence-electron chi connectivity index (χ1n) is 9.77. The molecule has 1 unspecified atom stereocenters. The topological polar surface area (TPSA) is 87.4 Å². The summed E-state index contributed by atoms with van der Waals surface area (Å²) in [7, 11) is 1.92. The van der Waals surface area contributed by atoms with E-state index < -0.39 is 0 Å². The number of nitrogens with one attached hydrogen (secondary N) is 2. The minimum Gasteiger partial charge on any atom is -0.350 e. The molecular weight excluding hydrogens is 354 g/mol. The summed E-state index contributed by atoms with van der Waals surface area (Å²) in [5, 5.41) is 14.8. The monoisotopic (exact) mass is 383 g/mol. The Balaban J connectivity index is 1.67. The molecule has 0 saturated carbocycles. The van der Waals surface area contributed by atoms with E-state index in [1.54, 1.807) is 0 Å². The summed E-state index contributed by atoms with van der Waals surface area (Å²) in [5.74, 6) is 2.31. The highest BCUT2D eigenvalue weighted by molar-refractivity contribution is 5.86. The van der Waals surface area contributed by atoms with E-state index in [9.17, 15) is 4.79 Å². The standard InChI is InChI=1S/C20H29N7O/c1-15(17-9-5-4-6-10-17)23-20(21-13-18-25-24-16(2)26(18)3)22-14-19(28)27-11-7-8-12-27/h4-6,9-10,15H,7-8,11-14H2,1-3H3,(H2,21,22,23). The van der Waals surface area contributed by atoms with E-state index in [2.05, 4.69) is 44.9 Å². The van der Waals surface area contributed by atoms with E-state index in [1.165, 1.54) is 0 Å². The van der Waals surface area contributed by atoms with E-state index >= 15 is 0 Å². The normalized spacial score (nSPS) is 15.5. The molecule has 1 atom stereocenters. The zero-order valence-electron chi connectivity index (χ0n) is 16.9. The Labute approximate surface area is 166 Å². The van der Waals surface area contributed by atoms with E-state index in [0.717, 1.165) is 43.1 Å². The summed E-state index contributed by atoms with van der Waals surface area (Å²) >= 11 is 0. The summed E-state index contributed by atoms with van der Waals surface area (Å²) in [6.45, 7) is 6.28. The molecule has 2 N–H and O–H groups in total. The molecule has 1 fully saturated rings. The van der Waals surface area contributed by atoms with Crippen molar-refractivity contribution in [2.24, 2.45) is 12.0 Å². The van der Waals surface area contributed by atoms with Crippen LogP contribution >= 0.6 is 0 Å². The largest absolute Gasteiger partial charge is 0.350 e. The number of hydrogen-bond donors (Lipinski definition) is 2. The molecule has 2 aromatic rings. The van der Waals surface area contributed by atoms with Crippen LogP contribution < -0.4 is 10.6 Å². The first kappa shape index (κ1) is 19.9. The van der Waals surface area contributed by atoms with Crippen LogP contribution in [0.15, 0.2) is 35.3 Å². The van der Waals surface area contributed by atoms with Crippen LogP contribution in [-0.2, 0) is 18.4 Å². The van der Waals surface area contributed by atoms with Gasteiger partial charge in [0.2, 0.25) is 5.91 Å². The zero-order valence-corrected chi connectivity index (χ0v) is 16.9. The molecule has 0 aliphatic carbocycles. The summed E-state index contributed by atoms with van der Waals surface area (Å²) < 4.78 is 1.91. The predicted molar refractivity (Wildman–Crippen MR) is 109 cm³/mol. The maximum Gasteiger partial charge on any atom is 0.241 e. The quantitative estimate of drug-likeness (QED) is 0.584. The Kier molecular flexibility index (Phi) is 6.62. The van der Waals surface area contributed by atoms with Crippen molar-refractivity contribution in [3.8, 4) is 0 Å². The fourth-order valence-electron chi connectivity index (χ4n) is 3.16. The van der Waals surface area contributed by atoms with E-state index in [-0.39, 0.29) is 18.5 Å². The van der Waals surface area contributed by atoms with Gasteiger partial charge in [-0.2, -0.15) is 0 Å². The number of amides is 1. The fraction of sp³-hybridized carbons (Fsp3) is 0.500. The first-order valence-corrected chi connectivity index (χ1v) is 9.77. The Morgan fingerprint density at radius 1 is 1.21 bits per heavy atom. The van der Waals surface area contributed by atoms with Crippen LogP contribution in [0, 0.1) is 6.92 Å². The SMILES string of the molecule is Cc1nnc(CN=C(NCC(=O)N2CCCC2)NC(C)c2ccccc2)n1C. The third-order valence-electron chi connectivity index (χ3n) is 5.08. The Morgan fingerprint density at radius 2 is 1.93 bits per heavy atom. The fourth-order valence-corrected chi connectivity index (χ4v) is 3.16. The van der Waals surface area contributed by atoms with E-state index in [1.807, 2.05) is 41.6 Å². The highest BCUT2D eigenvalue weighted by Gasteiger charge is 2.18. The number of carbonyl (C=O) groups is 1. The summed E-state index contributed by atoms with van der Waals surface area (Å²) in [5.41, 5.74) is 1.15. The average Bonchev–Trinajstić information content (AvgIpc) is 3.36. The van der Waals surface area contributed by atoms with Gasteiger partial charge in [0.1, 0.15) is 12.4 Å². The number of hydrogen-bond acceptors (Lipinski definition) is 4. The van der Waals surface area contributed by atoms with Crippen LogP contribution in [0.2, 0.25) is 0 Å². The second kappa shape index (κ2) is 9.34. The van der Waals surface area contributed by atoms with Gasteiger partial charge >= 0.3 is 0 Å². The van der Waals surface area contributed by atoms with Crippen molar-refractivity contribution >= 4 is 11.9 Å². The predicted octanol–water partition coefficient (Wildman–Crippen LogP) is 1.54. The number of aliphatic imine (C=N–C) groups is 1. The number of benzene rings is 1. The zero-order chi connectivity index (χ0) is 19.9. The van der Waals surface area contributed by atoms with Gasteiger partial charge in [0, 0.05) is 20.1 Å².